The van der Waals surface area contributed by atoms with E-state index in [0.29, 0.717) is 13.0 Å². The van der Waals surface area contributed by atoms with Crippen molar-refractivity contribution in [2.45, 2.75) is 26.4 Å². The van der Waals surface area contributed by atoms with E-state index in [1.807, 2.05) is 38.1 Å². The number of carbonyl (C=O) groups is 1. The van der Waals surface area contributed by atoms with Crippen molar-refractivity contribution in [1.29, 1.82) is 0 Å². The molecule has 1 amide bonds. The molecular formula is C15H21NO5S. The Bertz CT molecular complexity index is 624. The molecule has 1 fully saturated rings. The monoisotopic (exact) mass is 327 g/mol. The Balaban J connectivity index is 1.99. The molecule has 1 aromatic rings. The van der Waals surface area contributed by atoms with Crippen molar-refractivity contribution in [3.05, 3.63) is 24.3 Å². The van der Waals surface area contributed by atoms with Crippen molar-refractivity contribution < 1.29 is 22.1 Å². The van der Waals surface area contributed by atoms with Gasteiger partial charge in [0.1, 0.15) is 5.75 Å². The Morgan fingerprint density at radius 3 is 2.45 bits per heavy atom. The SMILES string of the molecule is CC(C)Oc1ccc(N2CC(COS(C)(=O)=O)CC2=O)cc1. The first kappa shape index (κ1) is 16.8. The number of hydrogen-bond donors (Lipinski definition) is 0. The van der Waals surface area contributed by atoms with Crippen LogP contribution in [-0.2, 0) is 19.1 Å². The van der Waals surface area contributed by atoms with Gasteiger partial charge in [-0.1, -0.05) is 0 Å². The molecule has 0 saturated carbocycles. The van der Waals surface area contributed by atoms with Gasteiger partial charge in [-0.25, -0.2) is 0 Å². The van der Waals surface area contributed by atoms with Crippen LogP contribution in [-0.4, -0.2) is 39.8 Å². The number of ether oxygens (including phenoxy) is 1. The normalized spacial score (nSPS) is 19.0. The van der Waals surface area contributed by atoms with Crippen molar-refractivity contribution in [3.8, 4) is 5.75 Å². The number of amides is 1. The molecule has 0 bridgehead atoms. The summed E-state index contributed by atoms with van der Waals surface area (Å²) in [5.74, 6) is 0.607. The van der Waals surface area contributed by atoms with Crippen molar-refractivity contribution in [1.82, 2.24) is 0 Å². The number of carbonyl (C=O) groups excluding carboxylic acids is 1. The van der Waals surface area contributed by atoms with Crippen LogP contribution in [0, 0.1) is 5.92 Å². The highest BCUT2D eigenvalue weighted by Crippen LogP contribution is 2.27. The third kappa shape index (κ3) is 4.71. The maximum absolute atomic E-state index is 12.1. The van der Waals surface area contributed by atoms with Crippen molar-refractivity contribution in [2.75, 3.05) is 24.3 Å². The maximum atomic E-state index is 12.1. The quantitative estimate of drug-likeness (QED) is 0.745. The van der Waals surface area contributed by atoms with Gasteiger partial charge in [0, 0.05) is 24.6 Å². The molecule has 1 aliphatic heterocycles. The van der Waals surface area contributed by atoms with E-state index in [2.05, 4.69) is 0 Å². The topological polar surface area (TPSA) is 72.9 Å². The highest BCUT2D eigenvalue weighted by molar-refractivity contribution is 7.85. The zero-order chi connectivity index (χ0) is 16.3. The lowest BCUT2D eigenvalue weighted by molar-refractivity contribution is -0.117. The fourth-order valence-corrected chi connectivity index (χ4v) is 2.78. The Morgan fingerprint density at radius 2 is 1.91 bits per heavy atom. The van der Waals surface area contributed by atoms with E-state index in [1.165, 1.54) is 0 Å². The smallest absolute Gasteiger partial charge is 0.264 e. The number of anilines is 1. The zero-order valence-electron chi connectivity index (χ0n) is 13.0. The van der Waals surface area contributed by atoms with Crippen molar-refractivity contribution in [2.24, 2.45) is 5.92 Å². The van der Waals surface area contributed by atoms with Gasteiger partial charge >= 0.3 is 0 Å². The minimum absolute atomic E-state index is 0.0281. The van der Waals surface area contributed by atoms with Crippen LogP contribution < -0.4 is 9.64 Å². The minimum atomic E-state index is -3.47. The molecule has 7 heteroatoms. The van der Waals surface area contributed by atoms with Crippen LogP contribution in [0.2, 0.25) is 0 Å². The largest absolute Gasteiger partial charge is 0.491 e. The standard InChI is InChI=1S/C15H21NO5S/c1-11(2)21-14-6-4-13(5-7-14)16-9-12(8-15(16)17)10-20-22(3,18)19/h4-7,11-12H,8-10H2,1-3H3. The fraction of sp³-hybridized carbons (Fsp3) is 0.533. The van der Waals surface area contributed by atoms with Gasteiger partial charge in [-0.05, 0) is 38.1 Å². The van der Waals surface area contributed by atoms with Gasteiger partial charge in [0.05, 0.1) is 19.0 Å². The van der Waals surface area contributed by atoms with E-state index >= 15 is 0 Å². The fourth-order valence-electron chi connectivity index (χ4n) is 2.34. The first-order valence-electron chi connectivity index (χ1n) is 7.16. The van der Waals surface area contributed by atoms with Gasteiger partial charge in [-0.3, -0.25) is 8.98 Å². The van der Waals surface area contributed by atoms with E-state index in [-0.39, 0.29) is 24.5 Å². The number of benzene rings is 1. The molecule has 1 atom stereocenters. The summed E-state index contributed by atoms with van der Waals surface area (Å²) in [6.07, 6.45) is 1.39. The van der Waals surface area contributed by atoms with E-state index in [1.54, 1.807) is 4.90 Å². The molecule has 1 unspecified atom stereocenters. The molecule has 22 heavy (non-hydrogen) atoms. The molecule has 1 aliphatic rings. The van der Waals surface area contributed by atoms with E-state index in [0.717, 1.165) is 17.7 Å². The minimum Gasteiger partial charge on any atom is -0.491 e. The third-order valence-electron chi connectivity index (χ3n) is 3.24. The molecule has 0 radical (unpaired) electrons. The lowest BCUT2D eigenvalue weighted by atomic mass is 10.1. The van der Waals surface area contributed by atoms with Crippen LogP contribution in [0.15, 0.2) is 24.3 Å². The van der Waals surface area contributed by atoms with Crippen LogP contribution >= 0.6 is 0 Å². The van der Waals surface area contributed by atoms with Gasteiger partial charge in [-0.2, -0.15) is 8.42 Å². The van der Waals surface area contributed by atoms with E-state index in [4.69, 9.17) is 8.92 Å². The van der Waals surface area contributed by atoms with Gasteiger partial charge in [0.25, 0.3) is 10.1 Å². The van der Waals surface area contributed by atoms with Gasteiger partial charge in [-0.15, -0.1) is 0 Å². The average Bonchev–Trinajstić information content (AvgIpc) is 2.77. The van der Waals surface area contributed by atoms with Gasteiger partial charge in [0.15, 0.2) is 0 Å². The molecule has 0 N–H and O–H groups in total. The molecule has 1 saturated heterocycles. The van der Waals surface area contributed by atoms with E-state index < -0.39 is 10.1 Å². The van der Waals surface area contributed by atoms with Crippen molar-refractivity contribution >= 4 is 21.7 Å². The second-order valence-corrected chi connectivity index (χ2v) is 7.37. The molecule has 0 aromatic heterocycles. The molecule has 0 aliphatic carbocycles. The summed E-state index contributed by atoms with van der Waals surface area (Å²) in [5, 5.41) is 0. The Hall–Kier alpha value is -1.60. The van der Waals surface area contributed by atoms with E-state index in [9.17, 15) is 13.2 Å². The summed E-state index contributed by atoms with van der Waals surface area (Å²) >= 11 is 0. The second-order valence-electron chi connectivity index (χ2n) is 5.72. The highest BCUT2D eigenvalue weighted by atomic mass is 32.2. The van der Waals surface area contributed by atoms with Crippen LogP contribution in [0.3, 0.4) is 0 Å². The number of nitrogens with zero attached hydrogens (tertiary/aromatic N) is 1. The summed E-state index contributed by atoms with van der Waals surface area (Å²) in [7, 11) is -3.47. The van der Waals surface area contributed by atoms with Gasteiger partial charge < -0.3 is 9.64 Å². The second kappa shape index (κ2) is 6.66. The predicted molar refractivity (Wildman–Crippen MR) is 83.5 cm³/mol. The molecule has 2 rings (SSSR count). The molecule has 122 valence electrons. The van der Waals surface area contributed by atoms with Crippen LogP contribution in [0.25, 0.3) is 0 Å². The summed E-state index contributed by atoms with van der Waals surface area (Å²) in [4.78, 5) is 13.7. The highest BCUT2D eigenvalue weighted by Gasteiger charge is 2.31. The Kier molecular flexibility index (Phi) is 5.08. The summed E-state index contributed by atoms with van der Waals surface area (Å²) < 4.78 is 32.4. The maximum Gasteiger partial charge on any atom is 0.264 e. The molecule has 1 aromatic carbocycles. The first-order valence-corrected chi connectivity index (χ1v) is 8.98. The summed E-state index contributed by atoms with van der Waals surface area (Å²) in [5.41, 5.74) is 0.781. The number of rotatable bonds is 6. The predicted octanol–water partition coefficient (Wildman–Crippen LogP) is 1.80. The molecule has 0 spiro atoms. The third-order valence-corrected chi connectivity index (χ3v) is 3.81. The molecular weight excluding hydrogens is 306 g/mol. The van der Waals surface area contributed by atoms with Crippen LogP contribution in [0.1, 0.15) is 20.3 Å². The number of hydrogen-bond acceptors (Lipinski definition) is 5. The molecule has 6 nitrogen and oxygen atoms in total. The first-order chi connectivity index (χ1) is 10.2. The lowest BCUT2D eigenvalue weighted by Crippen LogP contribution is -2.25. The Labute approximate surface area is 131 Å². The summed E-state index contributed by atoms with van der Waals surface area (Å²) in [6.45, 7) is 4.39. The van der Waals surface area contributed by atoms with Crippen LogP contribution in [0.4, 0.5) is 5.69 Å². The Morgan fingerprint density at radius 1 is 1.27 bits per heavy atom. The summed E-state index contributed by atoms with van der Waals surface area (Å²) in [6, 6.07) is 7.30. The average molecular weight is 327 g/mol. The van der Waals surface area contributed by atoms with Crippen molar-refractivity contribution in [3.63, 3.8) is 0 Å². The lowest BCUT2D eigenvalue weighted by Gasteiger charge is -2.17. The van der Waals surface area contributed by atoms with Gasteiger partial charge in [0.2, 0.25) is 5.91 Å². The van der Waals surface area contributed by atoms with Crippen LogP contribution in [0.5, 0.6) is 5.75 Å². The molecule has 1 heterocycles. The zero-order valence-corrected chi connectivity index (χ0v) is 13.8.